The number of fused-ring (bicyclic) bond motifs is 1. The van der Waals surface area contributed by atoms with Crippen molar-refractivity contribution in [2.45, 2.75) is 60.9 Å². The Morgan fingerprint density at radius 3 is 2.46 bits per heavy atom. The van der Waals surface area contributed by atoms with Crippen molar-refractivity contribution in [3.05, 3.63) is 36.9 Å². The molecule has 3 aliphatic heterocycles. The number of aliphatic hydroxyl groups excluding tert-OH is 1. The van der Waals surface area contributed by atoms with E-state index >= 15 is 0 Å². The van der Waals surface area contributed by atoms with Crippen molar-refractivity contribution in [1.82, 2.24) is 4.90 Å². The number of benzene rings is 1. The van der Waals surface area contributed by atoms with Gasteiger partial charge >= 0.3 is 5.97 Å². The summed E-state index contributed by atoms with van der Waals surface area (Å²) in [5.74, 6) is -1.89. The van der Waals surface area contributed by atoms with Gasteiger partial charge in [-0.1, -0.05) is 22.0 Å². The van der Waals surface area contributed by atoms with Crippen molar-refractivity contribution < 1.29 is 24.2 Å². The third kappa shape index (κ3) is 5.24. The minimum Gasteiger partial charge on any atom is -0.466 e. The second-order valence-electron chi connectivity index (χ2n) is 10.3. The smallest absolute Gasteiger partial charge is 0.310 e. The maximum Gasteiger partial charge on any atom is 0.310 e. The number of halogens is 1. The second-order valence-corrected chi connectivity index (χ2v) is 13.0. The van der Waals surface area contributed by atoms with Crippen molar-refractivity contribution in [3.8, 4) is 0 Å². The van der Waals surface area contributed by atoms with E-state index in [1.54, 1.807) is 34.6 Å². The number of anilines is 2. The lowest BCUT2D eigenvalue weighted by atomic mass is 9.71. The van der Waals surface area contributed by atoms with Gasteiger partial charge in [0.05, 0.1) is 23.2 Å². The molecule has 39 heavy (non-hydrogen) atoms. The van der Waals surface area contributed by atoms with Crippen LogP contribution in [0.15, 0.2) is 36.9 Å². The number of alkyl halides is 1. The number of carbonyl (C=O) groups is 3. The topological polar surface area (TPSA) is 90.4 Å². The van der Waals surface area contributed by atoms with Gasteiger partial charge in [0.1, 0.15) is 6.04 Å². The van der Waals surface area contributed by atoms with Crippen LogP contribution in [0.4, 0.5) is 11.4 Å². The summed E-state index contributed by atoms with van der Waals surface area (Å²) in [7, 11) is 0. The van der Waals surface area contributed by atoms with E-state index in [4.69, 9.17) is 4.74 Å². The number of hydrogen-bond donors (Lipinski definition) is 1. The summed E-state index contributed by atoms with van der Waals surface area (Å²) in [6, 6.07) is 7.21. The van der Waals surface area contributed by atoms with E-state index in [1.165, 1.54) is 0 Å². The van der Waals surface area contributed by atoms with Crippen molar-refractivity contribution in [1.29, 1.82) is 0 Å². The molecule has 1 aromatic rings. The van der Waals surface area contributed by atoms with Crippen LogP contribution in [0, 0.1) is 11.8 Å². The minimum atomic E-state index is -0.732. The average molecular weight is 623 g/mol. The Bertz CT molecular complexity index is 1070. The first-order valence-corrected chi connectivity index (χ1v) is 15.8. The molecular weight excluding hydrogens is 582 g/mol. The molecular formula is C29H40BrN3O5S. The molecule has 1 aromatic carbocycles. The van der Waals surface area contributed by atoms with Gasteiger partial charge in [-0.15, -0.1) is 18.3 Å². The molecule has 1 N–H and O–H groups in total. The number of thioether (sulfide) groups is 1. The zero-order valence-corrected chi connectivity index (χ0v) is 25.5. The Morgan fingerprint density at radius 1 is 1.21 bits per heavy atom. The number of unbranched alkanes of at least 4 members (excludes halogenated alkanes) is 1. The maximum absolute atomic E-state index is 14.6. The number of rotatable bonds is 13. The van der Waals surface area contributed by atoms with Gasteiger partial charge in [-0.25, -0.2) is 0 Å². The number of ether oxygens (including phenoxy) is 1. The lowest BCUT2D eigenvalue weighted by Gasteiger charge is -2.38. The summed E-state index contributed by atoms with van der Waals surface area (Å²) in [4.78, 5) is 47.4. The molecule has 0 saturated carbocycles. The van der Waals surface area contributed by atoms with Crippen LogP contribution in [-0.4, -0.2) is 88.0 Å². The monoisotopic (exact) mass is 621 g/mol. The quantitative estimate of drug-likeness (QED) is 0.155. The van der Waals surface area contributed by atoms with Gasteiger partial charge in [0.15, 0.2) is 0 Å². The second kappa shape index (κ2) is 12.6. The predicted octanol–water partition coefficient (Wildman–Crippen LogP) is 3.85. The van der Waals surface area contributed by atoms with Crippen LogP contribution < -0.4 is 9.80 Å². The highest BCUT2D eigenvalue weighted by Crippen LogP contribution is 2.68. The van der Waals surface area contributed by atoms with Gasteiger partial charge in [-0.2, -0.15) is 0 Å². The number of likely N-dealkylation sites (tertiary alicyclic amines) is 1. The molecule has 3 fully saturated rings. The predicted molar refractivity (Wildman–Crippen MR) is 159 cm³/mol. The Balaban J connectivity index is 1.73. The fourth-order valence-corrected chi connectivity index (χ4v) is 10.2. The van der Waals surface area contributed by atoms with Crippen LogP contribution in [0.25, 0.3) is 0 Å². The molecule has 2 bridgehead atoms. The Hall–Kier alpha value is -2.04. The zero-order valence-electron chi connectivity index (χ0n) is 23.1. The van der Waals surface area contributed by atoms with E-state index in [1.807, 2.05) is 24.3 Å². The molecule has 8 nitrogen and oxygen atoms in total. The first-order chi connectivity index (χ1) is 18.8. The zero-order chi connectivity index (χ0) is 28.3. The van der Waals surface area contributed by atoms with Crippen molar-refractivity contribution >= 4 is 56.9 Å². The van der Waals surface area contributed by atoms with E-state index < -0.39 is 22.6 Å². The number of amides is 2. The molecule has 3 aliphatic rings. The Morgan fingerprint density at radius 2 is 1.87 bits per heavy atom. The van der Waals surface area contributed by atoms with Crippen LogP contribution in [0.1, 0.15) is 40.0 Å². The van der Waals surface area contributed by atoms with E-state index in [-0.39, 0.29) is 41.1 Å². The molecule has 4 rings (SSSR count). The largest absolute Gasteiger partial charge is 0.466 e. The van der Waals surface area contributed by atoms with Gasteiger partial charge < -0.3 is 24.5 Å². The van der Waals surface area contributed by atoms with E-state index in [9.17, 15) is 19.5 Å². The van der Waals surface area contributed by atoms with Crippen molar-refractivity contribution in [2.24, 2.45) is 11.8 Å². The molecule has 10 heteroatoms. The van der Waals surface area contributed by atoms with Crippen molar-refractivity contribution in [3.63, 3.8) is 0 Å². The summed E-state index contributed by atoms with van der Waals surface area (Å²) in [5, 5.41) is 9.26. The highest BCUT2D eigenvalue weighted by Gasteiger charge is 2.76. The SMILES string of the molecule is C=CCN(C(=O)C1N(CCCCO)C(=O)[C@@H]2[C@H](C(=O)OCC)[C@H]3SC12CC3Br)c1ccc(N(CC)CC)cc1. The van der Waals surface area contributed by atoms with E-state index in [2.05, 4.69) is 41.3 Å². The number of esters is 1. The molecule has 3 saturated heterocycles. The molecule has 6 atom stereocenters. The molecule has 3 unspecified atom stereocenters. The summed E-state index contributed by atoms with van der Waals surface area (Å²) >= 11 is 5.38. The summed E-state index contributed by atoms with van der Waals surface area (Å²) in [6.07, 6.45) is 3.42. The third-order valence-electron chi connectivity index (χ3n) is 8.26. The highest BCUT2D eigenvalue weighted by molar-refractivity contribution is 9.09. The molecule has 0 aromatic heterocycles. The normalized spacial score (nSPS) is 28.9. The molecule has 2 amide bonds. The standard InChI is InChI=1S/C29H40BrN3O5S/c1-5-15-32(20-13-11-19(12-14-20)31(6-2)7-3)27(36)25-29-18-21(30)24(39-29)22(28(37)38-8-4)23(29)26(35)33(25)16-9-10-17-34/h5,11-14,21-25,34H,1,6-10,15-18H2,2-4H3/t21?,22-,23-,24-,25?,29?/m0/s1. The van der Waals surface area contributed by atoms with Crippen LogP contribution in [0.2, 0.25) is 0 Å². The molecule has 214 valence electrons. The molecule has 0 radical (unpaired) electrons. The van der Waals surface area contributed by atoms with Crippen LogP contribution in [0.5, 0.6) is 0 Å². The Labute approximate surface area is 244 Å². The third-order valence-corrected chi connectivity index (χ3v) is 11.5. The fourth-order valence-electron chi connectivity index (χ4n) is 6.58. The molecule has 0 aliphatic carbocycles. The number of aliphatic hydroxyl groups is 1. The fraction of sp³-hybridized carbons (Fsp3) is 0.621. The average Bonchev–Trinajstić information content (AvgIpc) is 3.52. The minimum absolute atomic E-state index is 0.00476. The molecule has 1 spiro atoms. The van der Waals surface area contributed by atoms with E-state index in [0.717, 1.165) is 24.5 Å². The first kappa shape index (κ1) is 29.9. The molecule has 3 heterocycles. The van der Waals surface area contributed by atoms with Crippen LogP contribution >= 0.6 is 27.7 Å². The van der Waals surface area contributed by atoms with E-state index in [0.29, 0.717) is 32.4 Å². The Kier molecular flexibility index (Phi) is 9.70. The summed E-state index contributed by atoms with van der Waals surface area (Å²) < 4.78 is 4.69. The number of carbonyl (C=O) groups excluding carboxylic acids is 3. The van der Waals surface area contributed by atoms with Crippen molar-refractivity contribution in [2.75, 3.05) is 49.2 Å². The lowest BCUT2D eigenvalue weighted by molar-refractivity contribution is -0.153. The lowest BCUT2D eigenvalue weighted by Crippen LogP contribution is -2.55. The van der Waals surface area contributed by atoms with Crippen LogP contribution in [-0.2, 0) is 19.1 Å². The van der Waals surface area contributed by atoms with Gasteiger partial charge in [-0.05, 0) is 64.3 Å². The van der Waals surface area contributed by atoms with Gasteiger partial charge in [0, 0.05) is 54.2 Å². The number of nitrogens with zero attached hydrogens (tertiary/aromatic N) is 3. The number of hydrogen-bond acceptors (Lipinski definition) is 7. The maximum atomic E-state index is 14.6. The van der Waals surface area contributed by atoms with Gasteiger partial charge in [0.2, 0.25) is 5.91 Å². The van der Waals surface area contributed by atoms with Crippen LogP contribution in [0.3, 0.4) is 0 Å². The summed E-state index contributed by atoms with van der Waals surface area (Å²) in [5.41, 5.74) is 1.83. The summed E-state index contributed by atoms with van der Waals surface area (Å²) in [6.45, 7) is 12.6. The van der Waals surface area contributed by atoms with Gasteiger partial charge in [-0.3, -0.25) is 14.4 Å². The highest BCUT2D eigenvalue weighted by atomic mass is 79.9. The first-order valence-electron chi connectivity index (χ1n) is 14.0. The van der Waals surface area contributed by atoms with Gasteiger partial charge in [0.25, 0.3) is 5.91 Å².